The lowest BCUT2D eigenvalue weighted by Gasteiger charge is -2.10. The molecule has 0 radical (unpaired) electrons. The van der Waals surface area contributed by atoms with Crippen molar-refractivity contribution in [1.82, 2.24) is 5.48 Å². The van der Waals surface area contributed by atoms with Crippen LogP contribution in [0.1, 0.15) is 5.56 Å². The van der Waals surface area contributed by atoms with Gasteiger partial charge in [0.1, 0.15) is 0 Å². The quantitative estimate of drug-likeness (QED) is 0.669. The van der Waals surface area contributed by atoms with Crippen LogP contribution in [-0.4, -0.2) is 12.8 Å². The number of alkyl halides is 3. The average Bonchev–Trinajstić information content (AvgIpc) is 2.14. The molecule has 0 atom stereocenters. The predicted molar refractivity (Wildman–Crippen MR) is 55.3 cm³/mol. The predicted octanol–water partition coefficient (Wildman–Crippen LogP) is 3.58. The lowest BCUT2D eigenvalue weighted by atomic mass is 10.2. The van der Waals surface area contributed by atoms with Crippen molar-refractivity contribution in [3.8, 4) is 0 Å². The van der Waals surface area contributed by atoms with Crippen LogP contribution in [-0.2, 0) is 11.4 Å². The first-order chi connectivity index (χ1) is 7.40. The van der Waals surface area contributed by atoms with Gasteiger partial charge in [-0.15, -0.1) is 0 Å². The summed E-state index contributed by atoms with van der Waals surface area (Å²) in [6, 6.07) is 4.83. The van der Waals surface area contributed by atoms with Gasteiger partial charge in [-0.1, -0.05) is 29.3 Å². The molecule has 0 aliphatic heterocycles. The lowest BCUT2D eigenvalue weighted by Crippen LogP contribution is -2.24. The Kier molecular flexibility index (Phi) is 4.86. The Bertz CT molecular complexity index is 337. The van der Waals surface area contributed by atoms with Crippen LogP contribution in [0.5, 0.6) is 0 Å². The summed E-state index contributed by atoms with van der Waals surface area (Å²) in [4.78, 5) is 4.22. The Hall–Kier alpha value is -0.490. The Balaban J connectivity index is 2.43. The molecule has 16 heavy (non-hydrogen) atoms. The number of hydrogen-bond acceptors (Lipinski definition) is 2. The van der Waals surface area contributed by atoms with E-state index in [4.69, 9.17) is 23.2 Å². The molecular formula is C9H8Cl2F3NO. The van der Waals surface area contributed by atoms with Crippen LogP contribution in [0.2, 0.25) is 10.0 Å². The minimum absolute atomic E-state index is 0.00852. The van der Waals surface area contributed by atoms with Gasteiger partial charge in [-0.05, 0) is 12.1 Å². The third kappa shape index (κ3) is 4.57. The van der Waals surface area contributed by atoms with E-state index in [0.717, 1.165) is 0 Å². The summed E-state index contributed by atoms with van der Waals surface area (Å²) in [5.74, 6) is 0. The summed E-state index contributed by atoms with van der Waals surface area (Å²) in [7, 11) is 0. The number of hydroxylamine groups is 1. The highest BCUT2D eigenvalue weighted by Crippen LogP contribution is 2.24. The van der Waals surface area contributed by atoms with Gasteiger partial charge in [0.2, 0.25) is 0 Å². The highest BCUT2D eigenvalue weighted by atomic mass is 35.5. The molecule has 0 aliphatic carbocycles. The van der Waals surface area contributed by atoms with Crippen LogP contribution in [0.15, 0.2) is 18.2 Å². The van der Waals surface area contributed by atoms with E-state index in [2.05, 4.69) is 10.3 Å². The molecule has 1 aromatic rings. The first-order valence-corrected chi connectivity index (χ1v) is 5.00. The van der Waals surface area contributed by atoms with Gasteiger partial charge in [0.05, 0.1) is 0 Å². The van der Waals surface area contributed by atoms with Crippen LogP contribution < -0.4 is 5.48 Å². The van der Waals surface area contributed by atoms with E-state index in [9.17, 15) is 13.2 Å². The van der Waals surface area contributed by atoms with Crippen molar-refractivity contribution in [1.29, 1.82) is 0 Å². The van der Waals surface area contributed by atoms with Crippen LogP contribution in [0.4, 0.5) is 13.2 Å². The molecule has 0 saturated heterocycles. The highest BCUT2D eigenvalue weighted by molar-refractivity contribution is 6.35. The first kappa shape index (κ1) is 13.6. The largest absolute Gasteiger partial charge is 0.413 e. The number of rotatable bonds is 4. The number of hydrogen-bond donors (Lipinski definition) is 1. The van der Waals surface area contributed by atoms with E-state index < -0.39 is 12.8 Å². The SMILES string of the molecule is FC(F)(F)CONCc1c(Cl)cccc1Cl. The van der Waals surface area contributed by atoms with E-state index in [-0.39, 0.29) is 6.54 Å². The summed E-state index contributed by atoms with van der Waals surface area (Å²) in [5, 5.41) is 0.742. The Labute approximate surface area is 100 Å². The Morgan fingerprint density at radius 2 is 1.75 bits per heavy atom. The molecule has 1 aromatic carbocycles. The fourth-order valence-electron chi connectivity index (χ4n) is 0.957. The topological polar surface area (TPSA) is 21.3 Å². The van der Waals surface area contributed by atoms with Gasteiger partial charge in [0.15, 0.2) is 6.61 Å². The molecule has 90 valence electrons. The highest BCUT2D eigenvalue weighted by Gasteiger charge is 2.27. The summed E-state index contributed by atoms with van der Waals surface area (Å²) in [6.07, 6.45) is -4.36. The molecule has 0 bridgehead atoms. The standard InChI is InChI=1S/C9H8Cl2F3NO/c10-7-2-1-3-8(11)6(7)4-15-16-5-9(12,13)14/h1-3,15H,4-5H2. The van der Waals surface area contributed by atoms with Gasteiger partial charge in [0.25, 0.3) is 0 Å². The van der Waals surface area contributed by atoms with Gasteiger partial charge in [0, 0.05) is 22.2 Å². The van der Waals surface area contributed by atoms with Crippen molar-refractivity contribution in [3.63, 3.8) is 0 Å². The van der Waals surface area contributed by atoms with Gasteiger partial charge in [-0.2, -0.15) is 18.7 Å². The molecular weight excluding hydrogens is 266 g/mol. The molecule has 1 N–H and O–H groups in total. The van der Waals surface area contributed by atoms with Crippen LogP contribution in [0.25, 0.3) is 0 Å². The monoisotopic (exact) mass is 273 g/mol. The van der Waals surface area contributed by atoms with Crippen LogP contribution in [0.3, 0.4) is 0 Å². The number of halogens is 5. The van der Waals surface area contributed by atoms with E-state index >= 15 is 0 Å². The summed E-state index contributed by atoms with van der Waals surface area (Å²) < 4.78 is 35.2. The second kappa shape index (κ2) is 5.72. The van der Waals surface area contributed by atoms with Crippen LogP contribution in [0, 0.1) is 0 Å². The third-order valence-corrected chi connectivity index (χ3v) is 2.36. The number of benzene rings is 1. The fourth-order valence-corrected chi connectivity index (χ4v) is 1.49. The smallest absolute Gasteiger partial charge is 0.292 e. The summed E-state index contributed by atoms with van der Waals surface area (Å²) in [5.41, 5.74) is 2.64. The molecule has 0 unspecified atom stereocenters. The maximum absolute atomic E-state index is 11.7. The zero-order valence-electron chi connectivity index (χ0n) is 7.94. The van der Waals surface area contributed by atoms with Crippen molar-refractivity contribution in [3.05, 3.63) is 33.8 Å². The molecule has 0 fully saturated rings. The molecule has 0 aliphatic rings. The second-order valence-electron chi connectivity index (χ2n) is 2.93. The van der Waals surface area contributed by atoms with Crippen molar-refractivity contribution in [2.75, 3.05) is 6.61 Å². The minimum Gasteiger partial charge on any atom is -0.292 e. The van der Waals surface area contributed by atoms with E-state index in [1.165, 1.54) is 0 Å². The van der Waals surface area contributed by atoms with Crippen molar-refractivity contribution < 1.29 is 18.0 Å². The molecule has 0 amide bonds. The van der Waals surface area contributed by atoms with Gasteiger partial charge in [-0.3, -0.25) is 4.84 Å². The van der Waals surface area contributed by atoms with Gasteiger partial charge in [-0.25, -0.2) is 0 Å². The maximum Gasteiger partial charge on any atom is 0.413 e. The second-order valence-corrected chi connectivity index (χ2v) is 3.74. The Morgan fingerprint density at radius 1 is 1.19 bits per heavy atom. The summed E-state index contributed by atoms with van der Waals surface area (Å²) in [6.45, 7) is -1.36. The molecule has 0 aromatic heterocycles. The first-order valence-electron chi connectivity index (χ1n) is 4.24. The molecule has 2 nitrogen and oxygen atoms in total. The van der Waals surface area contributed by atoms with E-state index in [1.807, 2.05) is 0 Å². The van der Waals surface area contributed by atoms with E-state index in [1.54, 1.807) is 18.2 Å². The van der Waals surface area contributed by atoms with Crippen molar-refractivity contribution in [2.24, 2.45) is 0 Å². The van der Waals surface area contributed by atoms with E-state index in [0.29, 0.717) is 15.6 Å². The zero-order chi connectivity index (χ0) is 12.2. The summed E-state index contributed by atoms with van der Waals surface area (Å²) >= 11 is 11.6. The number of nitrogens with one attached hydrogen (secondary N) is 1. The van der Waals surface area contributed by atoms with Crippen LogP contribution >= 0.6 is 23.2 Å². The maximum atomic E-state index is 11.7. The van der Waals surface area contributed by atoms with Crippen molar-refractivity contribution >= 4 is 23.2 Å². The molecule has 0 heterocycles. The fraction of sp³-hybridized carbons (Fsp3) is 0.333. The van der Waals surface area contributed by atoms with Crippen molar-refractivity contribution in [2.45, 2.75) is 12.7 Å². The minimum atomic E-state index is -4.36. The zero-order valence-corrected chi connectivity index (χ0v) is 9.46. The molecule has 0 spiro atoms. The molecule has 7 heteroatoms. The Morgan fingerprint density at radius 3 is 2.25 bits per heavy atom. The average molecular weight is 274 g/mol. The van der Waals surface area contributed by atoms with Gasteiger partial charge >= 0.3 is 6.18 Å². The molecule has 1 rings (SSSR count). The third-order valence-electron chi connectivity index (χ3n) is 1.65. The molecule has 0 saturated carbocycles. The van der Waals surface area contributed by atoms with Gasteiger partial charge < -0.3 is 0 Å². The normalized spacial score (nSPS) is 11.8. The lowest BCUT2D eigenvalue weighted by molar-refractivity contribution is -0.190.